The second kappa shape index (κ2) is 8.03. The first-order valence-corrected chi connectivity index (χ1v) is 10.9. The minimum absolute atomic E-state index is 0.223. The molecule has 4 nitrogen and oxygen atoms in total. The number of fused-ring (bicyclic) bond motifs is 1. The van der Waals surface area contributed by atoms with Crippen molar-refractivity contribution in [2.24, 2.45) is 0 Å². The first-order chi connectivity index (χ1) is 15.1. The minimum atomic E-state index is -1.88. The summed E-state index contributed by atoms with van der Waals surface area (Å²) in [6.45, 7) is 10.2. The van der Waals surface area contributed by atoms with Crippen LogP contribution in [0.5, 0.6) is 0 Å². The summed E-state index contributed by atoms with van der Waals surface area (Å²) in [5.41, 5.74) is 5.88. The zero-order valence-corrected chi connectivity index (χ0v) is 19.3. The van der Waals surface area contributed by atoms with Crippen LogP contribution in [-0.4, -0.2) is 16.8 Å². The molecule has 0 radical (unpaired) electrons. The number of aliphatic hydroxyl groups is 1. The molecule has 1 heterocycles. The number of nitrogens with zero attached hydrogens (tertiary/aromatic N) is 1. The largest absolute Gasteiger partial charge is 0.375 e. The number of Topliss-reactive ketones (excluding diaryl/α,β-unsaturated/α-hetero) is 1. The molecule has 4 rings (SSSR count). The van der Waals surface area contributed by atoms with E-state index in [1.807, 2.05) is 71.0 Å². The van der Waals surface area contributed by atoms with Crippen LogP contribution in [0, 0.1) is 34.6 Å². The highest BCUT2D eigenvalue weighted by Crippen LogP contribution is 2.44. The van der Waals surface area contributed by atoms with Crippen LogP contribution in [0.15, 0.2) is 54.6 Å². The second-order valence-corrected chi connectivity index (χ2v) is 9.07. The van der Waals surface area contributed by atoms with Crippen LogP contribution in [0.4, 0.5) is 5.69 Å². The number of amides is 1. The van der Waals surface area contributed by atoms with Gasteiger partial charge < -0.3 is 10.0 Å². The number of anilines is 1. The Balaban J connectivity index is 1.72. The highest BCUT2D eigenvalue weighted by molar-refractivity contribution is 6.11. The third-order valence-electron chi connectivity index (χ3n) is 6.44. The van der Waals surface area contributed by atoms with E-state index in [9.17, 15) is 14.7 Å². The molecular weight excluding hydrogens is 398 g/mol. The summed E-state index contributed by atoms with van der Waals surface area (Å²) in [5, 5.41) is 11.6. The predicted octanol–water partition coefficient (Wildman–Crippen LogP) is 5.24. The lowest BCUT2D eigenvalue weighted by Gasteiger charge is -2.24. The van der Waals surface area contributed by atoms with Gasteiger partial charge in [0.1, 0.15) is 0 Å². The van der Waals surface area contributed by atoms with Crippen molar-refractivity contribution < 1.29 is 14.7 Å². The third kappa shape index (κ3) is 3.65. The van der Waals surface area contributed by atoms with Crippen molar-refractivity contribution in [3.8, 4) is 0 Å². The maximum absolute atomic E-state index is 13.6. The maximum Gasteiger partial charge on any atom is 0.264 e. The van der Waals surface area contributed by atoms with Gasteiger partial charge in [0.15, 0.2) is 11.4 Å². The number of hydrogen-bond donors (Lipinski definition) is 1. The Kier molecular flexibility index (Phi) is 5.51. The highest BCUT2D eigenvalue weighted by atomic mass is 16.3. The molecular formula is C28H29NO3. The molecule has 0 aromatic heterocycles. The van der Waals surface area contributed by atoms with Gasteiger partial charge in [0.25, 0.3) is 5.91 Å². The molecule has 0 unspecified atom stereocenters. The number of carbonyl (C=O) groups excluding carboxylic acids is 2. The standard InChI is InChI=1S/C28H29NO3/c1-17-10-11-19(3)22(14-17)16-29-24-9-7-6-8-23(24)28(32,27(29)31)15-25(30)26-20(4)12-18(2)13-21(26)5/h6-14,32H,15-16H2,1-5H3/t28-/m1/s1. The fourth-order valence-electron chi connectivity index (χ4n) is 4.92. The fourth-order valence-corrected chi connectivity index (χ4v) is 4.92. The second-order valence-electron chi connectivity index (χ2n) is 9.07. The molecule has 0 bridgehead atoms. The van der Waals surface area contributed by atoms with Crippen LogP contribution in [0.25, 0.3) is 0 Å². The molecule has 164 valence electrons. The number of benzene rings is 3. The monoisotopic (exact) mass is 427 g/mol. The number of ketones is 1. The maximum atomic E-state index is 13.6. The van der Waals surface area contributed by atoms with Gasteiger partial charge in [0, 0.05) is 11.1 Å². The summed E-state index contributed by atoms with van der Waals surface area (Å²) in [5.74, 6) is -0.672. The summed E-state index contributed by atoms with van der Waals surface area (Å²) >= 11 is 0. The Labute approximate surface area is 189 Å². The third-order valence-corrected chi connectivity index (χ3v) is 6.44. The molecule has 0 spiro atoms. The van der Waals surface area contributed by atoms with E-state index in [-0.39, 0.29) is 12.2 Å². The van der Waals surface area contributed by atoms with Gasteiger partial charge in [-0.05, 0) is 62.9 Å². The van der Waals surface area contributed by atoms with E-state index in [0.717, 1.165) is 33.4 Å². The first kappa shape index (κ1) is 22.0. The van der Waals surface area contributed by atoms with E-state index in [0.29, 0.717) is 23.4 Å². The van der Waals surface area contributed by atoms with Gasteiger partial charge >= 0.3 is 0 Å². The molecule has 3 aromatic rings. The predicted molar refractivity (Wildman–Crippen MR) is 127 cm³/mol. The number of hydrogen-bond acceptors (Lipinski definition) is 3. The fraction of sp³-hybridized carbons (Fsp3) is 0.286. The van der Waals surface area contributed by atoms with Crippen molar-refractivity contribution in [1.29, 1.82) is 0 Å². The average molecular weight is 428 g/mol. The van der Waals surface area contributed by atoms with Crippen molar-refractivity contribution in [2.75, 3.05) is 4.90 Å². The van der Waals surface area contributed by atoms with E-state index in [4.69, 9.17) is 0 Å². The molecule has 3 aromatic carbocycles. The van der Waals surface area contributed by atoms with Gasteiger partial charge in [-0.1, -0.05) is 59.7 Å². The van der Waals surface area contributed by atoms with Crippen molar-refractivity contribution in [3.05, 3.63) is 99.1 Å². The Morgan fingerprint density at radius 2 is 1.53 bits per heavy atom. The Bertz CT molecular complexity index is 1220. The normalized spacial score (nSPS) is 17.6. The molecule has 0 aliphatic carbocycles. The molecule has 0 saturated heterocycles. The Morgan fingerprint density at radius 3 is 2.22 bits per heavy atom. The van der Waals surface area contributed by atoms with Crippen LogP contribution in [0.1, 0.15) is 55.7 Å². The van der Waals surface area contributed by atoms with Crippen LogP contribution in [-0.2, 0) is 16.9 Å². The van der Waals surface area contributed by atoms with E-state index in [2.05, 4.69) is 6.07 Å². The quantitative estimate of drug-likeness (QED) is 0.567. The van der Waals surface area contributed by atoms with Crippen molar-refractivity contribution in [2.45, 2.75) is 53.2 Å². The van der Waals surface area contributed by atoms with Gasteiger partial charge in [0.05, 0.1) is 18.7 Å². The van der Waals surface area contributed by atoms with Crippen LogP contribution < -0.4 is 4.90 Å². The van der Waals surface area contributed by atoms with Gasteiger partial charge in [-0.3, -0.25) is 9.59 Å². The summed E-state index contributed by atoms with van der Waals surface area (Å²) in [4.78, 5) is 28.6. The lowest BCUT2D eigenvalue weighted by Crippen LogP contribution is -2.41. The topological polar surface area (TPSA) is 57.6 Å². The van der Waals surface area contributed by atoms with Gasteiger partial charge in [-0.25, -0.2) is 0 Å². The molecule has 1 atom stereocenters. The average Bonchev–Trinajstić information content (AvgIpc) is 2.92. The lowest BCUT2D eigenvalue weighted by atomic mass is 9.85. The molecule has 1 N–H and O–H groups in total. The molecule has 1 amide bonds. The minimum Gasteiger partial charge on any atom is -0.375 e. The smallest absolute Gasteiger partial charge is 0.264 e. The molecule has 4 heteroatoms. The SMILES string of the molecule is Cc1cc(C)c(C(=O)C[C@]2(O)C(=O)N(Cc3cc(C)ccc3C)c3ccccc32)c(C)c1. The van der Waals surface area contributed by atoms with Crippen LogP contribution in [0.2, 0.25) is 0 Å². The lowest BCUT2D eigenvalue weighted by molar-refractivity contribution is -0.136. The zero-order chi connectivity index (χ0) is 23.2. The molecule has 1 aliphatic rings. The molecule has 1 aliphatic heterocycles. The Morgan fingerprint density at radius 1 is 0.875 bits per heavy atom. The number of rotatable bonds is 5. The van der Waals surface area contributed by atoms with E-state index < -0.39 is 11.5 Å². The van der Waals surface area contributed by atoms with Gasteiger partial charge in [-0.15, -0.1) is 0 Å². The van der Waals surface area contributed by atoms with Gasteiger partial charge in [0.2, 0.25) is 0 Å². The van der Waals surface area contributed by atoms with Crippen molar-refractivity contribution >= 4 is 17.4 Å². The molecule has 0 saturated carbocycles. The van der Waals surface area contributed by atoms with Crippen molar-refractivity contribution in [1.82, 2.24) is 0 Å². The summed E-state index contributed by atoms with van der Waals surface area (Å²) in [6.07, 6.45) is -0.281. The number of aryl methyl sites for hydroxylation is 5. The van der Waals surface area contributed by atoms with E-state index in [1.165, 1.54) is 0 Å². The summed E-state index contributed by atoms with van der Waals surface area (Å²) < 4.78 is 0. The summed E-state index contributed by atoms with van der Waals surface area (Å²) in [7, 11) is 0. The van der Waals surface area contributed by atoms with E-state index in [1.54, 1.807) is 17.0 Å². The van der Waals surface area contributed by atoms with Crippen LogP contribution in [0.3, 0.4) is 0 Å². The van der Waals surface area contributed by atoms with Gasteiger partial charge in [-0.2, -0.15) is 0 Å². The zero-order valence-electron chi connectivity index (χ0n) is 19.3. The molecule has 32 heavy (non-hydrogen) atoms. The Hall–Kier alpha value is -3.24. The van der Waals surface area contributed by atoms with Crippen molar-refractivity contribution in [3.63, 3.8) is 0 Å². The summed E-state index contributed by atoms with van der Waals surface area (Å²) in [6, 6.07) is 17.3. The van der Waals surface area contributed by atoms with E-state index >= 15 is 0 Å². The first-order valence-electron chi connectivity index (χ1n) is 10.9. The molecule has 0 fully saturated rings. The highest BCUT2D eigenvalue weighted by Gasteiger charge is 2.51. The number of carbonyl (C=O) groups is 2. The number of para-hydroxylation sites is 1. The van der Waals surface area contributed by atoms with Crippen LogP contribution >= 0.6 is 0 Å².